The van der Waals surface area contributed by atoms with Gasteiger partial charge in [-0.15, -0.1) is 0 Å². The van der Waals surface area contributed by atoms with Crippen LogP contribution in [0.3, 0.4) is 0 Å². The predicted molar refractivity (Wildman–Crippen MR) is 73.1 cm³/mol. The van der Waals surface area contributed by atoms with Crippen molar-refractivity contribution < 1.29 is 10.0 Å². The molecule has 0 spiro atoms. The van der Waals surface area contributed by atoms with E-state index >= 15 is 0 Å². The summed E-state index contributed by atoms with van der Waals surface area (Å²) in [6.45, 7) is 2.83. The third-order valence-corrected chi connectivity index (χ3v) is 3.54. The summed E-state index contributed by atoms with van der Waals surface area (Å²) in [5.74, 6) is 0. The van der Waals surface area contributed by atoms with Crippen molar-refractivity contribution in [3.8, 4) is 0 Å². The average molecular weight is 264 g/mol. The molecule has 1 unspecified atom stereocenters. The SMILES string of the molecule is O=[N+]([O-])c1ccc(CC(O)CN2CCCCC2)cc1. The molecule has 0 aliphatic carbocycles. The normalized spacial score (nSPS) is 18.2. The molecule has 1 N–H and O–H groups in total. The fraction of sp³-hybridized carbons (Fsp3) is 0.571. The van der Waals surface area contributed by atoms with Crippen LogP contribution in [0.25, 0.3) is 0 Å². The van der Waals surface area contributed by atoms with Crippen LogP contribution in [0, 0.1) is 10.1 Å². The molecule has 0 amide bonds. The molecule has 1 aliphatic heterocycles. The lowest BCUT2D eigenvalue weighted by molar-refractivity contribution is -0.384. The number of nitrogens with zero attached hydrogens (tertiary/aromatic N) is 2. The molecule has 1 atom stereocenters. The van der Waals surface area contributed by atoms with Crippen LogP contribution in [-0.2, 0) is 6.42 Å². The van der Waals surface area contributed by atoms with Gasteiger partial charge in [0.15, 0.2) is 0 Å². The second kappa shape index (κ2) is 6.63. The number of aliphatic hydroxyl groups is 1. The van der Waals surface area contributed by atoms with Crippen LogP contribution in [0.2, 0.25) is 0 Å². The fourth-order valence-electron chi connectivity index (χ4n) is 2.53. The summed E-state index contributed by atoms with van der Waals surface area (Å²) in [7, 11) is 0. The highest BCUT2D eigenvalue weighted by atomic mass is 16.6. The lowest BCUT2D eigenvalue weighted by Crippen LogP contribution is -2.37. The van der Waals surface area contributed by atoms with E-state index in [1.54, 1.807) is 12.1 Å². The van der Waals surface area contributed by atoms with Crippen LogP contribution in [0.15, 0.2) is 24.3 Å². The van der Waals surface area contributed by atoms with Crippen molar-refractivity contribution in [2.45, 2.75) is 31.8 Å². The van der Waals surface area contributed by atoms with Crippen LogP contribution in [0.4, 0.5) is 5.69 Å². The minimum absolute atomic E-state index is 0.0919. The Balaban J connectivity index is 1.83. The zero-order valence-electron chi connectivity index (χ0n) is 11.0. The quantitative estimate of drug-likeness (QED) is 0.652. The monoisotopic (exact) mass is 264 g/mol. The van der Waals surface area contributed by atoms with Gasteiger partial charge in [-0.25, -0.2) is 0 Å². The summed E-state index contributed by atoms with van der Waals surface area (Å²) >= 11 is 0. The molecular weight excluding hydrogens is 244 g/mol. The van der Waals surface area contributed by atoms with Crippen LogP contribution in [0.5, 0.6) is 0 Å². The first-order valence-electron chi connectivity index (χ1n) is 6.79. The Bertz CT molecular complexity index is 413. The zero-order valence-corrected chi connectivity index (χ0v) is 11.0. The number of piperidine rings is 1. The van der Waals surface area contributed by atoms with E-state index < -0.39 is 11.0 Å². The number of hydrogen-bond acceptors (Lipinski definition) is 4. The van der Waals surface area contributed by atoms with Crippen molar-refractivity contribution in [3.05, 3.63) is 39.9 Å². The van der Waals surface area contributed by atoms with Gasteiger partial charge < -0.3 is 10.0 Å². The Morgan fingerprint density at radius 3 is 2.42 bits per heavy atom. The molecule has 0 aromatic heterocycles. The van der Waals surface area contributed by atoms with Gasteiger partial charge in [-0.3, -0.25) is 10.1 Å². The smallest absolute Gasteiger partial charge is 0.269 e. The summed E-state index contributed by atoms with van der Waals surface area (Å²) in [5.41, 5.74) is 1.03. The molecule has 5 heteroatoms. The highest BCUT2D eigenvalue weighted by molar-refractivity contribution is 5.33. The second-order valence-electron chi connectivity index (χ2n) is 5.14. The first kappa shape index (κ1) is 14.0. The Morgan fingerprint density at radius 1 is 1.21 bits per heavy atom. The highest BCUT2D eigenvalue weighted by Gasteiger charge is 2.15. The highest BCUT2D eigenvalue weighted by Crippen LogP contribution is 2.14. The predicted octanol–water partition coefficient (Wildman–Crippen LogP) is 1.98. The molecule has 1 aromatic rings. The first-order valence-corrected chi connectivity index (χ1v) is 6.79. The van der Waals surface area contributed by atoms with Gasteiger partial charge in [-0.1, -0.05) is 18.6 Å². The van der Waals surface area contributed by atoms with E-state index in [4.69, 9.17) is 0 Å². The molecule has 1 aliphatic rings. The Kier molecular flexibility index (Phi) is 4.87. The van der Waals surface area contributed by atoms with E-state index in [1.807, 2.05) is 0 Å². The average Bonchev–Trinajstić information content (AvgIpc) is 2.40. The van der Waals surface area contributed by atoms with Crippen molar-refractivity contribution >= 4 is 5.69 Å². The zero-order chi connectivity index (χ0) is 13.7. The number of hydrogen-bond donors (Lipinski definition) is 1. The third-order valence-electron chi connectivity index (χ3n) is 3.54. The molecule has 1 heterocycles. The summed E-state index contributed by atoms with van der Waals surface area (Å²) in [4.78, 5) is 12.4. The lowest BCUT2D eigenvalue weighted by atomic mass is 10.1. The van der Waals surface area contributed by atoms with Crippen molar-refractivity contribution in [2.75, 3.05) is 19.6 Å². The Hall–Kier alpha value is -1.46. The second-order valence-corrected chi connectivity index (χ2v) is 5.14. The van der Waals surface area contributed by atoms with E-state index in [-0.39, 0.29) is 5.69 Å². The third kappa shape index (κ3) is 4.29. The molecular formula is C14H20N2O3. The van der Waals surface area contributed by atoms with E-state index in [2.05, 4.69) is 4.90 Å². The van der Waals surface area contributed by atoms with Crippen molar-refractivity contribution in [1.29, 1.82) is 0 Å². The standard InChI is InChI=1S/C14H20N2O3/c17-14(11-15-8-2-1-3-9-15)10-12-4-6-13(7-5-12)16(18)19/h4-7,14,17H,1-3,8-11H2. The van der Waals surface area contributed by atoms with Crippen LogP contribution in [-0.4, -0.2) is 40.7 Å². The number of aliphatic hydroxyl groups excluding tert-OH is 1. The van der Waals surface area contributed by atoms with Gasteiger partial charge in [0.25, 0.3) is 5.69 Å². The maximum atomic E-state index is 10.5. The van der Waals surface area contributed by atoms with Gasteiger partial charge in [-0.05, 0) is 37.9 Å². The molecule has 19 heavy (non-hydrogen) atoms. The van der Waals surface area contributed by atoms with Gasteiger partial charge in [0.05, 0.1) is 11.0 Å². The number of rotatable bonds is 5. The molecule has 1 fully saturated rings. The van der Waals surface area contributed by atoms with Gasteiger partial charge in [0.1, 0.15) is 0 Å². The van der Waals surface area contributed by atoms with Gasteiger partial charge in [0, 0.05) is 18.7 Å². The summed E-state index contributed by atoms with van der Waals surface area (Å²) in [5, 5.41) is 20.6. The molecule has 1 saturated heterocycles. The van der Waals surface area contributed by atoms with Crippen LogP contribution < -0.4 is 0 Å². The van der Waals surface area contributed by atoms with Gasteiger partial charge in [0.2, 0.25) is 0 Å². The van der Waals surface area contributed by atoms with E-state index in [1.165, 1.54) is 31.4 Å². The van der Waals surface area contributed by atoms with Gasteiger partial charge in [-0.2, -0.15) is 0 Å². The van der Waals surface area contributed by atoms with Gasteiger partial charge >= 0.3 is 0 Å². The molecule has 0 saturated carbocycles. The van der Waals surface area contributed by atoms with Crippen LogP contribution in [0.1, 0.15) is 24.8 Å². The summed E-state index contributed by atoms with van der Waals surface area (Å²) in [6.07, 6.45) is 3.86. The molecule has 2 rings (SSSR count). The maximum absolute atomic E-state index is 10.5. The molecule has 0 radical (unpaired) electrons. The first-order chi connectivity index (χ1) is 9.15. The van der Waals surface area contributed by atoms with E-state index in [0.29, 0.717) is 13.0 Å². The van der Waals surface area contributed by atoms with Crippen LogP contribution >= 0.6 is 0 Å². The number of non-ortho nitro benzene ring substituents is 1. The largest absolute Gasteiger partial charge is 0.391 e. The molecule has 104 valence electrons. The number of β-amino-alcohol motifs (C(OH)–C–C–N with tert-alkyl or cyclic N) is 1. The fourth-order valence-corrected chi connectivity index (χ4v) is 2.53. The van der Waals surface area contributed by atoms with Crippen molar-refractivity contribution in [2.24, 2.45) is 0 Å². The molecule has 0 bridgehead atoms. The van der Waals surface area contributed by atoms with E-state index in [9.17, 15) is 15.2 Å². The number of nitro benzene ring substituents is 1. The topological polar surface area (TPSA) is 66.6 Å². The number of benzene rings is 1. The van der Waals surface area contributed by atoms with Crippen molar-refractivity contribution in [1.82, 2.24) is 4.90 Å². The minimum atomic E-state index is -0.409. The summed E-state index contributed by atoms with van der Waals surface area (Å²) < 4.78 is 0. The lowest BCUT2D eigenvalue weighted by Gasteiger charge is -2.28. The molecule has 1 aromatic carbocycles. The molecule has 5 nitrogen and oxygen atoms in total. The Morgan fingerprint density at radius 2 is 1.84 bits per heavy atom. The number of nitro groups is 1. The maximum Gasteiger partial charge on any atom is 0.269 e. The minimum Gasteiger partial charge on any atom is -0.391 e. The summed E-state index contributed by atoms with van der Waals surface area (Å²) in [6, 6.07) is 6.42. The Labute approximate surface area is 113 Å². The van der Waals surface area contributed by atoms with E-state index in [0.717, 1.165) is 18.7 Å². The van der Waals surface area contributed by atoms with Crippen molar-refractivity contribution in [3.63, 3.8) is 0 Å². The number of likely N-dealkylation sites (tertiary alicyclic amines) is 1.